The van der Waals surface area contributed by atoms with Gasteiger partial charge in [0, 0.05) is 43.9 Å². The largest absolute Gasteiger partial charge is 0.336 e. The van der Waals surface area contributed by atoms with Crippen molar-refractivity contribution in [2.45, 2.75) is 26.7 Å². The maximum Gasteiger partial charge on any atom is 0.261 e. The average Bonchev–Trinajstić information content (AvgIpc) is 2.45. The van der Waals surface area contributed by atoms with Crippen molar-refractivity contribution in [2.24, 2.45) is 5.41 Å². The third-order valence-corrected chi connectivity index (χ3v) is 4.35. The number of H-pyrrole nitrogens is 1. The van der Waals surface area contributed by atoms with E-state index in [9.17, 15) is 14.4 Å². The van der Waals surface area contributed by atoms with Crippen LogP contribution in [0.3, 0.4) is 0 Å². The first-order valence-corrected chi connectivity index (χ1v) is 7.67. The van der Waals surface area contributed by atoms with Crippen molar-refractivity contribution in [2.75, 3.05) is 26.2 Å². The smallest absolute Gasteiger partial charge is 0.261 e. The number of amides is 1. The fraction of sp³-hybridized carbons (Fsp3) is 0.562. The lowest BCUT2D eigenvalue weighted by molar-refractivity contribution is 0.0734. The number of carbonyl (C=O) groups excluding carboxylic acids is 2. The summed E-state index contributed by atoms with van der Waals surface area (Å²) >= 11 is 0. The number of Topliss-reactive ketones (excluding diaryl/α,β-unsaturated/α-hetero) is 1. The van der Waals surface area contributed by atoms with Gasteiger partial charge in [0.15, 0.2) is 5.78 Å². The molecule has 126 valence electrons. The Labute approximate surface area is 141 Å². The Morgan fingerprint density at radius 1 is 1.17 bits per heavy atom. The van der Waals surface area contributed by atoms with E-state index in [4.69, 9.17) is 0 Å². The maximum atomic E-state index is 12.5. The van der Waals surface area contributed by atoms with Crippen LogP contribution < -0.4 is 10.9 Å². The minimum atomic E-state index is -0.396. The molecule has 1 saturated heterocycles. The quantitative estimate of drug-likeness (QED) is 0.799. The van der Waals surface area contributed by atoms with Gasteiger partial charge >= 0.3 is 0 Å². The van der Waals surface area contributed by atoms with Crippen molar-refractivity contribution < 1.29 is 9.59 Å². The molecule has 1 fully saturated rings. The molecule has 0 spiro atoms. The van der Waals surface area contributed by atoms with Crippen LogP contribution in [0.4, 0.5) is 0 Å². The Bertz CT molecular complexity index is 690. The van der Waals surface area contributed by atoms with Gasteiger partial charge in [-0.15, -0.1) is 12.4 Å². The number of halogens is 1. The fourth-order valence-corrected chi connectivity index (χ4v) is 3.22. The monoisotopic (exact) mass is 339 g/mol. The highest BCUT2D eigenvalue weighted by molar-refractivity contribution is 6.02. The van der Waals surface area contributed by atoms with Gasteiger partial charge in [0.25, 0.3) is 11.5 Å². The van der Waals surface area contributed by atoms with Crippen molar-refractivity contribution in [1.29, 1.82) is 0 Å². The highest BCUT2D eigenvalue weighted by Crippen LogP contribution is 2.33. The molecule has 1 aromatic heterocycles. The standard InChI is InChI=1S/C16H21N3O3.ClH/c1-16(2)8-12-10(13(20)9-16)7-11(14(21)18-12)15(22)19-5-3-17-4-6-19;/h7,17H,3-6,8-9H2,1-2H3,(H,18,21);1H. The molecule has 1 aromatic rings. The number of hydrogen-bond donors (Lipinski definition) is 2. The molecule has 6 nitrogen and oxygen atoms in total. The first-order valence-electron chi connectivity index (χ1n) is 7.67. The van der Waals surface area contributed by atoms with E-state index in [1.165, 1.54) is 6.07 Å². The summed E-state index contributed by atoms with van der Waals surface area (Å²) in [5, 5.41) is 3.17. The second-order valence-electron chi connectivity index (χ2n) is 6.89. The second kappa shape index (κ2) is 6.45. The van der Waals surface area contributed by atoms with E-state index < -0.39 is 5.56 Å². The van der Waals surface area contributed by atoms with Crippen LogP contribution in [0, 0.1) is 5.41 Å². The van der Waals surface area contributed by atoms with Crippen LogP contribution >= 0.6 is 12.4 Å². The summed E-state index contributed by atoms with van der Waals surface area (Å²) in [6, 6.07) is 1.50. The molecule has 0 saturated carbocycles. The minimum absolute atomic E-state index is 0. The van der Waals surface area contributed by atoms with Gasteiger partial charge < -0.3 is 15.2 Å². The molecule has 23 heavy (non-hydrogen) atoms. The first-order chi connectivity index (χ1) is 10.4. The van der Waals surface area contributed by atoms with Crippen LogP contribution in [0.2, 0.25) is 0 Å². The molecule has 0 bridgehead atoms. The van der Waals surface area contributed by atoms with Gasteiger partial charge in [0.2, 0.25) is 0 Å². The van der Waals surface area contributed by atoms with Gasteiger partial charge in [-0.2, -0.15) is 0 Å². The number of fused-ring (bicyclic) bond motifs is 1. The first kappa shape index (κ1) is 17.7. The SMILES string of the molecule is CC1(C)CC(=O)c2cc(C(=O)N3CCNCC3)c(=O)[nH]c2C1.Cl. The van der Waals surface area contributed by atoms with Gasteiger partial charge in [-0.05, 0) is 17.9 Å². The van der Waals surface area contributed by atoms with E-state index in [0.29, 0.717) is 37.2 Å². The highest BCUT2D eigenvalue weighted by atomic mass is 35.5. The number of ketones is 1. The van der Waals surface area contributed by atoms with Crippen molar-refractivity contribution in [3.05, 3.63) is 33.2 Å². The molecular formula is C16H22ClN3O3. The van der Waals surface area contributed by atoms with Crippen molar-refractivity contribution in [3.8, 4) is 0 Å². The zero-order valence-electron chi connectivity index (χ0n) is 13.4. The summed E-state index contributed by atoms with van der Waals surface area (Å²) in [5.41, 5.74) is 0.680. The molecule has 0 unspecified atom stereocenters. The summed E-state index contributed by atoms with van der Waals surface area (Å²) in [4.78, 5) is 41.5. The Morgan fingerprint density at radius 3 is 2.48 bits per heavy atom. The average molecular weight is 340 g/mol. The Morgan fingerprint density at radius 2 is 1.83 bits per heavy atom. The molecule has 1 aliphatic carbocycles. The van der Waals surface area contributed by atoms with E-state index in [0.717, 1.165) is 13.1 Å². The molecule has 0 atom stereocenters. The lowest BCUT2D eigenvalue weighted by Gasteiger charge is -2.30. The highest BCUT2D eigenvalue weighted by Gasteiger charge is 2.33. The number of rotatable bonds is 1. The summed E-state index contributed by atoms with van der Waals surface area (Å²) in [6.07, 6.45) is 1.08. The van der Waals surface area contributed by atoms with Gasteiger partial charge in [0.05, 0.1) is 0 Å². The van der Waals surface area contributed by atoms with Gasteiger partial charge in [-0.3, -0.25) is 14.4 Å². The van der Waals surface area contributed by atoms with E-state index in [-0.39, 0.29) is 35.1 Å². The van der Waals surface area contributed by atoms with E-state index in [2.05, 4.69) is 10.3 Å². The van der Waals surface area contributed by atoms with E-state index in [1.54, 1.807) is 4.90 Å². The fourth-order valence-electron chi connectivity index (χ4n) is 3.22. The second-order valence-corrected chi connectivity index (χ2v) is 6.89. The summed E-state index contributed by atoms with van der Waals surface area (Å²) < 4.78 is 0. The number of nitrogens with one attached hydrogen (secondary N) is 2. The number of pyridine rings is 1. The van der Waals surface area contributed by atoms with Crippen LogP contribution in [-0.2, 0) is 6.42 Å². The van der Waals surface area contributed by atoms with Crippen LogP contribution in [0.25, 0.3) is 0 Å². The van der Waals surface area contributed by atoms with Gasteiger partial charge in [-0.1, -0.05) is 13.8 Å². The van der Waals surface area contributed by atoms with Crippen LogP contribution in [-0.4, -0.2) is 47.8 Å². The predicted molar refractivity (Wildman–Crippen MR) is 89.5 cm³/mol. The van der Waals surface area contributed by atoms with Crippen molar-refractivity contribution in [3.63, 3.8) is 0 Å². The number of piperazine rings is 1. The number of aromatic amines is 1. The number of hydrogen-bond acceptors (Lipinski definition) is 4. The van der Waals surface area contributed by atoms with E-state index in [1.807, 2.05) is 13.8 Å². The number of carbonyl (C=O) groups is 2. The van der Waals surface area contributed by atoms with Crippen molar-refractivity contribution >= 4 is 24.1 Å². The Balaban J connectivity index is 0.00000192. The maximum absolute atomic E-state index is 12.5. The molecule has 1 amide bonds. The lowest BCUT2D eigenvalue weighted by atomic mass is 9.75. The van der Waals surface area contributed by atoms with Crippen LogP contribution in [0.1, 0.15) is 46.7 Å². The molecule has 2 heterocycles. The molecule has 2 aliphatic rings. The number of aromatic nitrogens is 1. The zero-order chi connectivity index (χ0) is 15.9. The van der Waals surface area contributed by atoms with Crippen molar-refractivity contribution in [1.82, 2.24) is 15.2 Å². The predicted octanol–water partition coefficient (Wildman–Crippen LogP) is 0.997. The third-order valence-electron chi connectivity index (χ3n) is 4.35. The lowest BCUT2D eigenvalue weighted by Crippen LogP contribution is -2.47. The summed E-state index contributed by atoms with van der Waals surface area (Å²) in [7, 11) is 0. The summed E-state index contributed by atoms with van der Waals surface area (Å²) in [6.45, 7) is 6.62. The van der Waals surface area contributed by atoms with Crippen LogP contribution in [0.15, 0.2) is 10.9 Å². The molecule has 0 radical (unpaired) electrons. The third kappa shape index (κ3) is 3.48. The van der Waals surface area contributed by atoms with Gasteiger partial charge in [-0.25, -0.2) is 0 Å². The Kier molecular flexibility index (Phi) is 4.96. The zero-order valence-corrected chi connectivity index (χ0v) is 14.2. The molecule has 0 aromatic carbocycles. The molecule has 2 N–H and O–H groups in total. The normalized spacial score (nSPS) is 19.7. The topological polar surface area (TPSA) is 82.3 Å². The summed E-state index contributed by atoms with van der Waals surface area (Å²) in [5.74, 6) is -0.292. The molecule has 1 aliphatic heterocycles. The number of nitrogens with zero attached hydrogens (tertiary/aromatic N) is 1. The molecule has 3 rings (SSSR count). The van der Waals surface area contributed by atoms with E-state index >= 15 is 0 Å². The molecular weight excluding hydrogens is 318 g/mol. The minimum Gasteiger partial charge on any atom is -0.336 e. The van der Waals surface area contributed by atoms with Gasteiger partial charge in [0.1, 0.15) is 5.56 Å². The molecule has 7 heteroatoms. The Hall–Kier alpha value is -1.66. The van der Waals surface area contributed by atoms with Crippen LogP contribution in [0.5, 0.6) is 0 Å².